The third-order valence-electron chi connectivity index (χ3n) is 4.84. The number of piperidine rings is 1. The van der Waals surface area contributed by atoms with Gasteiger partial charge in [-0.2, -0.15) is 0 Å². The van der Waals surface area contributed by atoms with Crippen molar-refractivity contribution in [3.63, 3.8) is 0 Å². The molecule has 3 rings (SSSR count). The second-order valence-corrected chi connectivity index (χ2v) is 6.42. The molecule has 0 amide bonds. The van der Waals surface area contributed by atoms with E-state index in [0.29, 0.717) is 31.8 Å². The van der Waals surface area contributed by atoms with Crippen LogP contribution in [0, 0.1) is 17.6 Å². The van der Waals surface area contributed by atoms with E-state index in [9.17, 15) is 19.0 Å². The molecule has 1 aliphatic carbocycles. The summed E-state index contributed by atoms with van der Waals surface area (Å²) in [6.07, 6.45) is 2.18. The summed E-state index contributed by atoms with van der Waals surface area (Å²) in [5, 5.41) is 19.9. The van der Waals surface area contributed by atoms with Crippen LogP contribution >= 0.6 is 0 Å². The highest BCUT2D eigenvalue weighted by Crippen LogP contribution is 2.37. The number of halogens is 2. The van der Waals surface area contributed by atoms with Gasteiger partial charge < -0.3 is 15.1 Å². The van der Waals surface area contributed by atoms with Crippen molar-refractivity contribution in [2.75, 3.05) is 19.6 Å². The fourth-order valence-electron chi connectivity index (χ4n) is 3.51. The molecule has 1 saturated heterocycles. The highest BCUT2D eigenvalue weighted by molar-refractivity contribution is 5.27. The van der Waals surface area contributed by atoms with E-state index in [1.807, 2.05) is 0 Å². The minimum absolute atomic E-state index is 0.163. The van der Waals surface area contributed by atoms with E-state index in [-0.39, 0.29) is 11.7 Å². The Morgan fingerprint density at radius 1 is 1.14 bits per heavy atom. The van der Waals surface area contributed by atoms with Gasteiger partial charge in [0.1, 0.15) is 11.6 Å². The minimum atomic E-state index is -1.41. The van der Waals surface area contributed by atoms with Crippen molar-refractivity contribution >= 4 is 0 Å². The zero-order chi connectivity index (χ0) is 15.0. The molecule has 1 aromatic carbocycles. The van der Waals surface area contributed by atoms with Gasteiger partial charge in [-0.15, -0.1) is 0 Å². The fourth-order valence-corrected chi connectivity index (χ4v) is 3.51. The number of likely N-dealkylation sites (tertiary alicyclic amines) is 1. The van der Waals surface area contributed by atoms with Crippen LogP contribution in [-0.2, 0) is 5.60 Å². The van der Waals surface area contributed by atoms with E-state index in [0.717, 1.165) is 19.4 Å². The van der Waals surface area contributed by atoms with Crippen LogP contribution in [0.1, 0.15) is 31.2 Å². The molecule has 0 unspecified atom stereocenters. The Morgan fingerprint density at radius 2 is 1.71 bits per heavy atom. The first-order valence-electron chi connectivity index (χ1n) is 7.55. The lowest BCUT2D eigenvalue weighted by atomic mass is 9.80. The second-order valence-electron chi connectivity index (χ2n) is 6.42. The second kappa shape index (κ2) is 5.63. The zero-order valence-corrected chi connectivity index (χ0v) is 11.9. The SMILES string of the molecule is OC1CC(CN2CCC(O)(c3c(F)cccc3F)CC2)C1. The Morgan fingerprint density at radius 3 is 2.24 bits per heavy atom. The first kappa shape index (κ1) is 14.9. The third-order valence-corrected chi connectivity index (χ3v) is 4.84. The monoisotopic (exact) mass is 297 g/mol. The molecule has 5 heteroatoms. The van der Waals surface area contributed by atoms with Crippen LogP contribution in [-0.4, -0.2) is 40.9 Å². The van der Waals surface area contributed by atoms with E-state index in [2.05, 4.69) is 4.90 Å². The molecular weight excluding hydrogens is 276 g/mol. The summed E-state index contributed by atoms with van der Waals surface area (Å²) in [5.74, 6) is -0.836. The smallest absolute Gasteiger partial charge is 0.132 e. The molecule has 1 aliphatic heterocycles. The molecule has 0 radical (unpaired) electrons. The van der Waals surface area contributed by atoms with Crippen molar-refractivity contribution < 1.29 is 19.0 Å². The largest absolute Gasteiger partial charge is 0.393 e. The average Bonchev–Trinajstić information content (AvgIpc) is 2.39. The zero-order valence-electron chi connectivity index (χ0n) is 11.9. The van der Waals surface area contributed by atoms with E-state index < -0.39 is 17.2 Å². The lowest BCUT2D eigenvalue weighted by molar-refractivity contribution is -0.0443. The maximum Gasteiger partial charge on any atom is 0.132 e. The highest BCUT2D eigenvalue weighted by atomic mass is 19.1. The molecule has 1 saturated carbocycles. The number of hydrogen-bond acceptors (Lipinski definition) is 3. The van der Waals surface area contributed by atoms with E-state index in [1.54, 1.807) is 0 Å². The van der Waals surface area contributed by atoms with Gasteiger partial charge in [0.15, 0.2) is 0 Å². The van der Waals surface area contributed by atoms with Crippen LogP contribution in [0.15, 0.2) is 18.2 Å². The van der Waals surface area contributed by atoms with Gasteiger partial charge in [-0.1, -0.05) is 6.07 Å². The number of aliphatic hydroxyl groups is 2. The molecule has 3 nitrogen and oxygen atoms in total. The summed E-state index contributed by atoms with van der Waals surface area (Å²) in [7, 11) is 0. The van der Waals surface area contributed by atoms with Crippen molar-refractivity contribution in [3.05, 3.63) is 35.4 Å². The van der Waals surface area contributed by atoms with Crippen LogP contribution in [0.3, 0.4) is 0 Å². The van der Waals surface area contributed by atoms with Crippen molar-refractivity contribution in [1.29, 1.82) is 0 Å². The summed E-state index contributed by atoms with van der Waals surface area (Å²) in [6, 6.07) is 3.70. The third kappa shape index (κ3) is 2.96. The maximum atomic E-state index is 13.9. The molecule has 0 spiro atoms. The van der Waals surface area contributed by atoms with Crippen LogP contribution in [0.4, 0.5) is 8.78 Å². The molecule has 116 valence electrons. The van der Waals surface area contributed by atoms with Crippen LogP contribution in [0.25, 0.3) is 0 Å². The van der Waals surface area contributed by atoms with Crippen molar-refractivity contribution in [2.24, 2.45) is 5.92 Å². The van der Waals surface area contributed by atoms with Gasteiger partial charge in [0.2, 0.25) is 0 Å². The van der Waals surface area contributed by atoms with Gasteiger partial charge in [0.25, 0.3) is 0 Å². The summed E-state index contributed by atoms with van der Waals surface area (Å²) >= 11 is 0. The molecule has 0 aromatic heterocycles. The number of rotatable bonds is 3. The first-order chi connectivity index (χ1) is 9.98. The molecule has 2 fully saturated rings. The molecule has 21 heavy (non-hydrogen) atoms. The molecular formula is C16H21F2NO2. The summed E-state index contributed by atoms with van der Waals surface area (Å²) in [5.41, 5.74) is -1.60. The minimum Gasteiger partial charge on any atom is -0.393 e. The van der Waals surface area contributed by atoms with Crippen molar-refractivity contribution in [1.82, 2.24) is 4.90 Å². The van der Waals surface area contributed by atoms with E-state index in [1.165, 1.54) is 18.2 Å². The molecule has 1 aromatic rings. The van der Waals surface area contributed by atoms with Gasteiger partial charge in [-0.3, -0.25) is 0 Å². The first-order valence-corrected chi connectivity index (χ1v) is 7.55. The topological polar surface area (TPSA) is 43.7 Å². The van der Waals surface area contributed by atoms with Crippen molar-refractivity contribution in [2.45, 2.75) is 37.4 Å². The van der Waals surface area contributed by atoms with Gasteiger partial charge >= 0.3 is 0 Å². The lowest BCUT2D eigenvalue weighted by Gasteiger charge is -2.42. The van der Waals surface area contributed by atoms with Crippen LogP contribution < -0.4 is 0 Å². The predicted molar refractivity (Wildman–Crippen MR) is 74.7 cm³/mol. The Hall–Kier alpha value is -1.04. The van der Waals surface area contributed by atoms with E-state index >= 15 is 0 Å². The standard InChI is InChI=1S/C16H21F2NO2/c17-13-2-1-3-14(18)15(13)16(21)4-6-19(7-5-16)10-11-8-12(20)9-11/h1-3,11-12,20-21H,4-10H2. The average molecular weight is 297 g/mol. The molecule has 1 heterocycles. The number of hydrogen-bond donors (Lipinski definition) is 2. The Bertz CT molecular complexity index is 489. The normalized spacial score (nSPS) is 29.1. The Labute approximate surface area is 123 Å². The van der Waals surface area contributed by atoms with Gasteiger partial charge in [-0.05, 0) is 43.7 Å². The molecule has 2 aliphatic rings. The Kier molecular flexibility index (Phi) is 3.99. The maximum absolute atomic E-state index is 13.9. The summed E-state index contributed by atoms with van der Waals surface area (Å²) in [4.78, 5) is 2.21. The quantitative estimate of drug-likeness (QED) is 0.897. The lowest BCUT2D eigenvalue weighted by Crippen LogP contribution is -2.47. The number of aliphatic hydroxyl groups excluding tert-OH is 1. The van der Waals surface area contributed by atoms with Crippen molar-refractivity contribution in [3.8, 4) is 0 Å². The van der Waals surface area contributed by atoms with E-state index in [4.69, 9.17) is 0 Å². The predicted octanol–water partition coefficient (Wildman–Crippen LogP) is 2.02. The number of nitrogens with zero attached hydrogens (tertiary/aromatic N) is 1. The van der Waals surface area contributed by atoms with Crippen LogP contribution in [0.2, 0.25) is 0 Å². The fraction of sp³-hybridized carbons (Fsp3) is 0.625. The van der Waals surface area contributed by atoms with Gasteiger partial charge in [-0.25, -0.2) is 8.78 Å². The molecule has 0 bridgehead atoms. The Balaban J connectivity index is 1.64. The highest BCUT2D eigenvalue weighted by Gasteiger charge is 2.39. The molecule has 0 atom stereocenters. The molecule has 2 N–H and O–H groups in total. The summed E-state index contributed by atoms with van der Waals surface area (Å²) < 4.78 is 27.7. The van der Waals surface area contributed by atoms with Crippen LogP contribution in [0.5, 0.6) is 0 Å². The number of benzene rings is 1. The summed E-state index contributed by atoms with van der Waals surface area (Å²) in [6.45, 7) is 2.14. The van der Waals surface area contributed by atoms with Gasteiger partial charge in [0.05, 0.1) is 17.3 Å². The van der Waals surface area contributed by atoms with Gasteiger partial charge in [0, 0.05) is 19.6 Å².